The normalized spacial score (nSPS) is 24.2. The van der Waals surface area contributed by atoms with Crippen LogP contribution in [0.1, 0.15) is 34.8 Å². The second kappa shape index (κ2) is 9.82. The molecule has 34 heavy (non-hydrogen) atoms. The van der Waals surface area contributed by atoms with Crippen LogP contribution >= 0.6 is 0 Å². The number of ether oxygens (including phenoxy) is 1. The summed E-state index contributed by atoms with van der Waals surface area (Å²) in [6, 6.07) is 28.4. The number of rotatable bonds is 8. The van der Waals surface area contributed by atoms with Gasteiger partial charge in [0.05, 0.1) is 13.1 Å². The third kappa shape index (κ3) is 4.90. The molecule has 3 fully saturated rings. The molecule has 2 atom stereocenters. The van der Waals surface area contributed by atoms with Crippen molar-refractivity contribution < 1.29 is 18.8 Å². The number of hydrogen-bond acceptors (Lipinski definition) is 4. The molecule has 0 radical (unpaired) electrons. The van der Waals surface area contributed by atoms with Gasteiger partial charge in [-0.25, -0.2) is 4.79 Å². The molecule has 0 saturated carbocycles. The molecule has 0 aliphatic carbocycles. The molecule has 3 aliphatic heterocycles. The Kier molecular flexibility index (Phi) is 6.45. The summed E-state index contributed by atoms with van der Waals surface area (Å²) in [7, 11) is 0. The van der Waals surface area contributed by atoms with Crippen molar-refractivity contribution >= 4 is 17.4 Å². The van der Waals surface area contributed by atoms with Crippen molar-refractivity contribution in [3.63, 3.8) is 0 Å². The van der Waals surface area contributed by atoms with Gasteiger partial charge in [0.1, 0.15) is 13.1 Å². The minimum absolute atomic E-state index is 0.164. The van der Waals surface area contributed by atoms with Gasteiger partial charge in [-0.15, -0.1) is 0 Å². The Balaban J connectivity index is 1.31. The summed E-state index contributed by atoms with van der Waals surface area (Å²) in [5.74, 6) is 0.268. The molecule has 3 saturated heterocycles. The lowest BCUT2D eigenvalue weighted by Crippen LogP contribution is -2.65. The number of quaternary nitrogens is 1. The molecule has 174 valence electrons. The average molecular weight is 456 g/mol. The van der Waals surface area contributed by atoms with Crippen LogP contribution in [0.25, 0.3) is 0 Å². The number of benzene rings is 3. The molecular weight excluding hydrogens is 424 g/mol. The van der Waals surface area contributed by atoms with E-state index in [1.807, 2.05) is 91.0 Å². The molecule has 3 aromatic carbocycles. The highest BCUT2D eigenvalue weighted by molar-refractivity contribution is 5.97. The van der Waals surface area contributed by atoms with Crippen molar-refractivity contribution in [3.8, 4) is 0 Å². The molecule has 0 aromatic heterocycles. The largest absolute Gasteiger partial charge is 0.454 e. The number of anilines is 1. The fourth-order valence-electron chi connectivity index (χ4n) is 5.44. The number of piperidine rings is 3. The molecule has 5 nitrogen and oxygen atoms in total. The molecule has 3 aromatic rings. The van der Waals surface area contributed by atoms with E-state index in [2.05, 4.69) is 5.32 Å². The molecule has 0 spiro atoms. The van der Waals surface area contributed by atoms with Crippen molar-refractivity contribution in [3.05, 3.63) is 102 Å². The molecular formula is C29H31N2O3+. The number of hydrogen-bond donors (Lipinski definition) is 1. The van der Waals surface area contributed by atoms with Crippen molar-refractivity contribution in [2.24, 2.45) is 5.92 Å². The highest BCUT2D eigenvalue weighted by Crippen LogP contribution is 2.36. The number of carbonyl (C=O) groups excluding carboxylic acids is 2. The highest BCUT2D eigenvalue weighted by Gasteiger charge is 2.49. The van der Waals surface area contributed by atoms with Crippen LogP contribution in [0.2, 0.25) is 0 Å². The maximum atomic E-state index is 13.5. The molecule has 2 bridgehead atoms. The number of para-hydroxylation sites is 1. The van der Waals surface area contributed by atoms with Crippen LogP contribution in [0.15, 0.2) is 91.0 Å². The summed E-state index contributed by atoms with van der Waals surface area (Å²) in [5, 5.41) is 3.36. The third-order valence-electron chi connectivity index (χ3n) is 7.34. The molecule has 0 unspecified atom stereocenters. The lowest BCUT2D eigenvalue weighted by molar-refractivity contribution is -0.938. The van der Waals surface area contributed by atoms with E-state index >= 15 is 0 Å². The summed E-state index contributed by atoms with van der Waals surface area (Å²) in [5.41, 5.74) is 2.51. The fraction of sp³-hybridized carbons (Fsp3) is 0.310. The Morgan fingerprint density at radius 1 is 0.853 bits per heavy atom. The van der Waals surface area contributed by atoms with Crippen LogP contribution in [0.4, 0.5) is 5.69 Å². The Morgan fingerprint density at radius 2 is 1.44 bits per heavy atom. The lowest BCUT2D eigenvalue weighted by Gasteiger charge is -2.51. The van der Waals surface area contributed by atoms with Crippen LogP contribution in [0.3, 0.4) is 0 Å². The second-order valence-electron chi connectivity index (χ2n) is 9.59. The van der Waals surface area contributed by atoms with Crippen molar-refractivity contribution in [2.75, 3.05) is 31.5 Å². The van der Waals surface area contributed by atoms with Gasteiger partial charge in [-0.1, -0.05) is 78.9 Å². The van der Waals surface area contributed by atoms with Gasteiger partial charge in [0.25, 0.3) is 0 Å². The maximum Gasteiger partial charge on any atom is 0.333 e. The van der Waals surface area contributed by atoms with E-state index < -0.39 is 6.04 Å². The number of ketones is 1. The minimum Gasteiger partial charge on any atom is -0.454 e. The zero-order chi connectivity index (χ0) is 23.4. The fourth-order valence-corrected chi connectivity index (χ4v) is 5.44. The Labute approximate surface area is 201 Å². The summed E-state index contributed by atoms with van der Waals surface area (Å²) >= 11 is 0. The molecule has 3 heterocycles. The van der Waals surface area contributed by atoms with Gasteiger partial charge < -0.3 is 14.5 Å². The molecule has 3 aliphatic rings. The first-order valence-corrected chi connectivity index (χ1v) is 12.1. The van der Waals surface area contributed by atoms with Gasteiger partial charge in [-0.05, 0) is 17.7 Å². The quantitative estimate of drug-likeness (QED) is 0.299. The Morgan fingerprint density at radius 3 is 2.09 bits per heavy atom. The van der Waals surface area contributed by atoms with E-state index in [0.29, 0.717) is 23.5 Å². The van der Waals surface area contributed by atoms with Crippen LogP contribution in [0.5, 0.6) is 0 Å². The monoisotopic (exact) mass is 455 g/mol. The first kappa shape index (κ1) is 22.4. The van der Waals surface area contributed by atoms with Gasteiger partial charge in [-0.3, -0.25) is 4.79 Å². The standard InChI is InChI=1S/C29H31N2O3/c32-26(22-10-4-1-5-11-22)20-31-18-16-23(17-19-31)27(21-31)34-29(33)28(24-12-6-2-7-13-24)30-25-14-8-3-9-15-25/h1-15,23,27-28,30H,16-21H2/q+1/t23?,27-,28-,31?/m0/s1. The smallest absolute Gasteiger partial charge is 0.333 e. The average Bonchev–Trinajstić information content (AvgIpc) is 2.89. The first-order chi connectivity index (χ1) is 16.6. The van der Waals surface area contributed by atoms with E-state index in [1.165, 1.54) is 0 Å². The van der Waals surface area contributed by atoms with Crippen LogP contribution in [0, 0.1) is 5.92 Å². The number of nitrogens with one attached hydrogen (secondary N) is 1. The van der Waals surface area contributed by atoms with Gasteiger partial charge in [0.15, 0.2) is 12.1 Å². The lowest BCUT2D eigenvalue weighted by atomic mass is 9.82. The van der Waals surface area contributed by atoms with Crippen molar-refractivity contribution in [1.82, 2.24) is 0 Å². The molecule has 0 amide bonds. The summed E-state index contributed by atoms with van der Waals surface area (Å²) in [4.78, 5) is 26.5. The van der Waals surface area contributed by atoms with Gasteiger partial charge >= 0.3 is 5.97 Å². The summed E-state index contributed by atoms with van der Waals surface area (Å²) in [6.07, 6.45) is 1.81. The van der Waals surface area contributed by atoms with Gasteiger partial charge in [-0.2, -0.15) is 0 Å². The van der Waals surface area contributed by atoms with E-state index in [9.17, 15) is 9.59 Å². The second-order valence-corrected chi connectivity index (χ2v) is 9.59. The number of nitrogens with zero attached hydrogens (tertiary/aromatic N) is 1. The van der Waals surface area contributed by atoms with E-state index in [-0.39, 0.29) is 17.9 Å². The van der Waals surface area contributed by atoms with Crippen LogP contribution < -0.4 is 5.32 Å². The van der Waals surface area contributed by atoms with E-state index in [4.69, 9.17) is 4.74 Å². The highest BCUT2D eigenvalue weighted by atomic mass is 16.5. The predicted octanol–water partition coefficient (Wildman–Crippen LogP) is 4.87. The minimum atomic E-state index is -0.585. The maximum absolute atomic E-state index is 13.5. The summed E-state index contributed by atoms with van der Waals surface area (Å²) in [6.45, 7) is 3.13. The third-order valence-corrected chi connectivity index (χ3v) is 7.34. The van der Waals surface area contributed by atoms with Gasteiger partial charge in [0.2, 0.25) is 5.78 Å². The summed E-state index contributed by atoms with van der Waals surface area (Å²) < 4.78 is 6.91. The van der Waals surface area contributed by atoms with Crippen molar-refractivity contribution in [1.29, 1.82) is 0 Å². The topological polar surface area (TPSA) is 55.4 Å². The number of Topliss-reactive ketones (excluding diaryl/α,β-unsaturated/α-hetero) is 1. The van der Waals surface area contributed by atoms with Crippen molar-refractivity contribution in [2.45, 2.75) is 25.0 Å². The number of carbonyl (C=O) groups is 2. The zero-order valence-corrected chi connectivity index (χ0v) is 19.3. The molecule has 6 rings (SSSR count). The Bertz CT molecular complexity index is 1110. The van der Waals surface area contributed by atoms with Crippen LogP contribution in [-0.2, 0) is 9.53 Å². The SMILES string of the molecule is O=C(C[N+]12CCC(CC1)[C@@H](OC(=O)[C@@H](Nc1ccccc1)c1ccccc1)C2)c1ccccc1. The van der Waals surface area contributed by atoms with E-state index in [0.717, 1.165) is 42.7 Å². The first-order valence-electron chi connectivity index (χ1n) is 12.1. The number of esters is 1. The van der Waals surface area contributed by atoms with E-state index in [1.54, 1.807) is 0 Å². The molecule has 1 N–H and O–H groups in total. The number of fused-ring (bicyclic) bond motifs is 3. The Hall–Kier alpha value is -3.44. The van der Waals surface area contributed by atoms with Gasteiger partial charge in [0, 0.05) is 30.0 Å². The zero-order valence-electron chi connectivity index (χ0n) is 19.3. The van der Waals surface area contributed by atoms with Crippen LogP contribution in [-0.4, -0.2) is 48.5 Å². The molecule has 5 heteroatoms. The predicted molar refractivity (Wildman–Crippen MR) is 132 cm³/mol.